The van der Waals surface area contributed by atoms with Gasteiger partial charge in [0.25, 0.3) is 0 Å². The molecule has 0 aliphatic rings. The van der Waals surface area contributed by atoms with Crippen LogP contribution in [0.15, 0.2) is 0 Å². The highest BCUT2D eigenvalue weighted by atomic mass is 32.2. The normalized spacial score (nSPS) is 12.0. The van der Waals surface area contributed by atoms with Gasteiger partial charge in [-0.2, -0.15) is 0 Å². The Morgan fingerprint density at radius 1 is 1.25 bits per heavy atom. The molecule has 0 atom stereocenters. The van der Waals surface area contributed by atoms with E-state index in [0.717, 1.165) is 12.5 Å². The number of hydrogen-bond acceptors (Lipinski definition) is 4. The highest BCUT2D eigenvalue weighted by Gasteiger charge is 2.37. The molecule has 0 unspecified atom stereocenters. The van der Waals surface area contributed by atoms with E-state index in [1.165, 1.54) is 0 Å². The van der Waals surface area contributed by atoms with Crippen molar-refractivity contribution in [2.24, 2.45) is 0 Å². The fraction of sp³-hybridized carbons (Fsp3) is 1.00. The molecule has 0 N–H and O–H groups in total. The van der Waals surface area contributed by atoms with Crippen molar-refractivity contribution < 1.29 is 13.3 Å². The Balaban J connectivity index is 3.95. The van der Waals surface area contributed by atoms with E-state index in [9.17, 15) is 0 Å². The molecular weight excluding hydrogens is 192 g/mol. The van der Waals surface area contributed by atoms with Gasteiger partial charge in [0.1, 0.15) is 0 Å². The van der Waals surface area contributed by atoms with Gasteiger partial charge in [-0.05, 0) is 6.26 Å². The Hall–Kier alpha value is 0.447. The van der Waals surface area contributed by atoms with Crippen molar-refractivity contribution in [3.05, 3.63) is 0 Å². The molecule has 0 aromatic rings. The van der Waals surface area contributed by atoms with Crippen LogP contribution in [-0.2, 0) is 13.3 Å². The Labute approximate surface area is 80.1 Å². The third-order valence-electron chi connectivity index (χ3n) is 1.57. The molecule has 0 aromatic carbocycles. The van der Waals surface area contributed by atoms with Crippen molar-refractivity contribution >= 4 is 20.6 Å². The standard InChI is InChI=1S/C7H18O3SSi/c1-5-6-12(8-2,9-3)10-7-11-4/h5-7H2,1-4H3. The van der Waals surface area contributed by atoms with Gasteiger partial charge < -0.3 is 13.3 Å². The lowest BCUT2D eigenvalue weighted by Crippen LogP contribution is -2.43. The highest BCUT2D eigenvalue weighted by Crippen LogP contribution is 2.17. The second-order valence-corrected chi connectivity index (χ2v) is 6.18. The summed E-state index contributed by atoms with van der Waals surface area (Å²) in [6, 6.07) is 0.889. The maximum atomic E-state index is 5.58. The molecule has 0 heterocycles. The Morgan fingerprint density at radius 3 is 2.17 bits per heavy atom. The first-order valence-corrected chi connectivity index (χ1v) is 7.30. The van der Waals surface area contributed by atoms with E-state index in [2.05, 4.69) is 6.92 Å². The number of rotatable bonds is 7. The summed E-state index contributed by atoms with van der Waals surface area (Å²) in [5.74, 6) is 0.647. The van der Waals surface area contributed by atoms with Crippen LogP contribution in [-0.4, -0.2) is 35.2 Å². The molecule has 0 spiro atoms. The van der Waals surface area contributed by atoms with Gasteiger partial charge in [0.05, 0.1) is 5.94 Å². The van der Waals surface area contributed by atoms with Gasteiger partial charge in [0, 0.05) is 20.3 Å². The maximum absolute atomic E-state index is 5.58. The van der Waals surface area contributed by atoms with E-state index in [-0.39, 0.29) is 0 Å². The van der Waals surface area contributed by atoms with Crippen molar-refractivity contribution in [2.75, 3.05) is 26.4 Å². The van der Waals surface area contributed by atoms with Crippen LogP contribution in [0.1, 0.15) is 13.3 Å². The van der Waals surface area contributed by atoms with Gasteiger partial charge in [-0.3, -0.25) is 0 Å². The van der Waals surface area contributed by atoms with E-state index >= 15 is 0 Å². The molecule has 0 saturated carbocycles. The van der Waals surface area contributed by atoms with E-state index in [4.69, 9.17) is 13.3 Å². The van der Waals surface area contributed by atoms with Gasteiger partial charge in [0.15, 0.2) is 0 Å². The zero-order valence-electron chi connectivity index (χ0n) is 8.25. The minimum absolute atomic E-state index is 0.647. The second kappa shape index (κ2) is 6.91. The first-order chi connectivity index (χ1) is 5.74. The minimum atomic E-state index is -2.29. The molecule has 0 aliphatic carbocycles. The summed E-state index contributed by atoms with van der Waals surface area (Å²) in [7, 11) is 1.03. The molecule has 0 rings (SSSR count). The van der Waals surface area contributed by atoms with Gasteiger partial charge in [0.2, 0.25) is 0 Å². The van der Waals surface area contributed by atoms with E-state index < -0.39 is 8.80 Å². The van der Waals surface area contributed by atoms with Gasteiger partial charge in [-0.1, -0.05) is 13.3 Å². The van der Waals surface area contributed by atoms with Crippen LogP contribution in [0, 0.1) is 0 Å². The van der Waals surface area contributed by atoms with Crippen LogP contribution >= 0.6 is 11.8 Å². The molecule has 0 aromatic heterocycles. The maximum Gasteiger partial charge on any atom is 0.501 e. The van der Waals surface area contributed by atoms with Crippen molar-refractivity contribution in [3.63, 3.8) is 0 Å². The molecule has 0 bridgehead atoms. The summed E-state index contributed by atoms with van der Waals surface area (Å²) in [4.78, 5) is 0. The van der Waals surface area contributed by atoms with Crippen LogP contribution in [0.5, 0.6) is 0 Å². The number of hydrogen-bond donors (Lipinski definition) is 0. The highest BCUT2D eigenvalue weighted by molar-refractivity contribution is 7.98. The molecule has 74 valence electrons. The molecule has 12 heavy (non-hydrogen) atoms. The van der Waals surface area contributed by atoms with Crippen LogP contribution in [0.2, 0.25) is 6.04 Å². The SMILES string of the molecule is CCC[Si](OC)(OC)OCSC. The molecule has 0 saturated heterocycles. The lowest BCUT2D eigenvalue weighted by atomic mass is 10.6. The monoisotopic (exact) mass is 210 g/mol. The van der Waals surface area contributed by atoms with Crippen molar-refractivity contribution in [1.29, 1.82) is 0 Å². The fourth-order valence-electron chi connectivity index (χ4n) is 0.932. The van der Waals surface area contributed by atoms with Crippen LogP contribution in [0.3, 0.4) is 0 Å². The predicted octanol–water partition coefficient (Wildman–Crippen LogP) is 1.97. The van der Waals surface area contributed by atoms with Crippen molar-refractivity contribution in [1.82, 2.24) is 0 Å². The van der Waals surface area contributed by atoms with Crippen LogP contribution in [0.4, 0.5) is 0 Å². The molecule has 0 fully saturated rings. The first kappa shape index (κ1) is 12.4. The average molecular weight is 210 g/mol. The Bertz CT molecular complexity index is 109. The van der Waals surface area contributed by atoms with E-state index in [1.807, 2.05) is 6.26 Å². The number of thioether (sulfide) groups is 1. The largest absolute Gasteiger partial charge is 0.501 e. The van der Waals surface area contributed by atoms with Gasteiger partial charge in [-0.15, -0.1) is 11.8 Å². The van der Waals surface area contributed by atoms with Crippen LogP contribution in [0.25, 0.3) is 0 Å². The minimum Gasteiger partial charge on any atom is -0.377 e. The molecule has 0 amide bonds. The smallest absolute Gasteiger partial charge is 0.377 e. The zero-order valence-corrected chi connectivity index (χ0v) is 10.1. The molecular formula is C7H18O3SSi. The Morgan fingerprint density at radius 2 is 1.83 bits per heavy atom. The predicted molar refractivity (Wildman–Crippen MR) is 54.3 cm³/mol. The quantitative estimate of drug-likeness (QED) is 0.474. The van der Waals surface area contributed by atoms with Crippen molar-refractivity contribution in [2.45, 2.75) is 19.4 Å². The summed E-state index contributed by atoms with van der Waals surface area (Å²) in [5, 5.41) is 0. The zero-order chi connectivity index (χ0) is 9.45. The Kier molecular flexibility index (Phi) is 7.17. The van der Waals surface area contributed by atoms with E-state index in [0.29, 0.717) is 5.94 Å². The van der Waals surface area contributed by atoms with Crippen LogP contribution < -0.4 is 0 Å². The summed E-state index contributed by atoms with van der Waals surface area (Å²) < 4.78 is 16.2. The first-order valence-electron chi connectivity index (χ1n) is 3.98. The lowest BCUT2D eigenvalue weighted by Gasteiger charge is -2.25. The molecule has 0 radical (unpaired) electrons. The lowest BCUT2D eigenvalue weighted by molar-refractivity contribution is 0.118. The van der Waals surface area contributed by atoms with Gasteiger partial charge in [-0.25, -0.2) is 0 Å². The second-order valence-electron chi connectivity index (χ2n) is 2.39. The summed E-state index contributed by atoms with van der Waals surface area (Å²) >= 11 is 1.64. The molecule has 3 nitrogen and oxygen atoms in total. The summed E-state index contributed by atoms with van der Waals surface area (Å²) in [5.41, 5.74) is 0. The summed E-state index contributed by atoms with van der Waals surface area (Å²) in [6.07, 6.45) is 3.03. The molecule has 5 heteroatoms. The topological polar surface area (TPSA) is 27.7 Å². The average Bonchev–Trinajstić information content (AvgIpc) is 2.13. The van der Waals surface area contributed by atoms with E-state index in [1.54, 1.807) is 26.0 Å². The van der Waals surface area contributed by atoms with Crippen molar-refractivity contribution in [3.8, 4) is 0 Å². The van der Waals surface area contributed by atoms with Gasteiger partial charge >= 0.3 is 8.80 Å². The summed E-state index contributed by atoms with van der Waals surface area (Å²) in [6.45, 7) is 2.10. The third-order valence-corrected chi connectivity index (χ3v) is 5.08. The fourth-order valence-corrected chi connectivity index (χ4v) is 3.69. The molecule has 0 aliphatic heterocycles. The third kappa shape index (κ3) is 3.91.